The Morgan fingerprint density at radius 3 is 2.15 bits per heavy atom. The van der Waals surface area contributed by atoms with Crippen LogP contribution in [0.25, 0.3) is 11.1 Å². The highest BCUT2D eigenvalue weighted by Crippen LogP contribution is 2.32. The molecular formula is C14H9F3N2O. The first-order valence-corrected chi connectivity index (χ1v) is 5.55. The monoisotopic (exact) mass is 278 g/mol. The van der Waals surface area contributed by atoms with E-state index in [1.54, 1.807) is 30.3 Å². The lowest BCUT2D eigenvalue weighted by molar-refractivity contribution is -0.274. The van der Waals surface area contributed by atoms with Gasteiger partial charge in [-0.15, -0.1) is 13.2 Å². The number of benzene rings is 2. The molecule has 0 heterocycles. The minimum Gasteiger partial charge on any atom is -0.404 e. The SMILES string of the molecule is N#Cc1ccc(-c2ccc(N)c(OC(F)(F)F)c2)cc1. The van der Waals surface area contributed by atoms with Crippen molar-refractivity contribution in [1.82, 2.24) is 0 Å². The second-order valence-electron chi connectivity index (χ2n) is 3.99. The number of halogens is 3. The molecule has 0 unspecified atom stereocenters. The van der Waals surface area contributed by atoms with Crippen LogP contribution in [-0.4, -0.2) is 6.36 Å². The minimum atomic E-state index is -4.79. The summed E-state index contributed by atoms with van der Waals surface area (Å²) < 4.78 is 40.6. The quantitative estimate of drug-likeness (QED) is 0.852. The molecule has 0 saturated carbocycles. The fraction of sp³-hybridized carbons (Fsp3) is 0.0714. The average Bonchev–Trinajstić information content (AvgIpc) is 2.40. The van der Waals surface area contributed by atoms with Crippen molar-refractivity contribution >= 4 is 5.69 Å². The van der Waals surface area contributed by atoms with Crippen LogP contribution < -0.4 is 10.5 Å². The highest BCUT2D eigenvalue weighted by molar-refractivity contribution is 5.70. The molecule has 0 aliphatic carbocycles. The molecule has 0 atom stereocenters. The summed E-state index contributed by atoms with van der Waals surface area (Å²) in [5.74, 6) is -0.445. The van der Waals surface area contributed by atoms with Gasteiger partial charge in [0.15, 0.2) is 5.75 Å². The van der Waals surface area contributed by atoms with E-state index in [1.807, 2.05) is 6.07 Å². The van der Waals surface area contributed by atoms with E-state index in [0.717, 1.165) is 0 Å². The van der Waals surface area contributed by atoms with Gasteiger partial charge in [0.2, 0.25) is 0 Å². The normalized spacial score (nSPS) is 10.9. The van der Waals surface area contributed by atoms with Crippen LogP contribution in [0.5, 0.6) is 5.75 Å². The Morgan fingerprint density at radius 2 is 1.60 bits per heavy atom. The van der Waals surface area contributed by atoms with E-state index in [2.05, 4.69) is 4.74 Å². The largest absolute Gasteiger partial charge is 0.573 e. The molecule has 0 aliphatic heterocycles. The van der Waals surface area contributed by atoms with Crippen molar-refractivity contribution in [1.29, 1.82) is 5.26 Å². The number of nitrogen functional groups attached to an aromatic ring is 1. The van der Waals surface area contributed by atoms with Crippen molar-refractivity contribution in [3.05, 3.63) is 48.0 Å². The molecule has 2 aromatic carbocycles. The number of rotatable bonds is 2. The maximum atomic E-state index is 12.2. The number of nitriles is 1. The van der Waals surface area contributed by atoms with E-state index >= 15 is 0 Å². The van der Waals surface area contributed by atoms with Gasteiger partial charge in [-0.2, -0.15) is 5.26 Å². The highest BCUT2D eigenvalue weighted by Gasteiger charge is 2.32. The van der Waals surface area contributed by atoms with Crippen molar-refractivity contribution in [2.45, 2.75) is 6.36 Å². The van der Waals surface area contributed by atoms with E-state index in [4.69, 9.17) is 11.0 Å². The van der Waals surface area contributed by atoms with Gasteiger partial charge >= 0.3 is 6.36 Å². The topological polar surface area (TPSA) is 59.0 Å². The minimum absolute atomic E-state index is 0.0975. The van der Waals surface area contributed by atoms with Crippen molar-refractivity contribution in [3.63, 3.8) is 0 Å². The van der Waals surface area contributed by atoms with Gasteiger partial charge in [0.05, 0.1) is 17.3 Å². The molecule has 0 radical (unpaired) electrons. The third kappa shape index (κ3) is 3.20. The van der Waals surface area contributed by atoms with E-state index in [0.29, 0.717) is 16.7 Å². The fourth-order valence-corrected chi connectivity index (χ4v) is 1.66. The Kier molecular flexibility index (Phi) is 3.53. The molecule has 0 amide bonds. The smallest absolute Gasteiger partial charge is 0.404 e. The van der Waals surface area contributed by atoms with E-state index in [9.17, 15) is 13.2 Å². The van der Waals surface area contributed by atoms with Crippen LogP contribution in [0.15, 0.2) is 42.5 Å². The number of alkyl halides is 3. The van der Waals surface area contributed by atoms with Gasteiger partial charge in [0.25, 0.3) is 0 Å². The molecule has 2 aromatic rings. The molecule has 2 N–H and O–H groups in total. The third-order valence-corrected chi connectivity index (χ3v) is 2.59. The molecule has 0 aromatic heterocycles. The van der Waals surface area contributed by atoms with Gasteiger partial charge in [0, 0.05) is 0 Å². The van der Waals surface area contributed by atoms with Crippen LogP contribution in [0.2, 0.25) is 0 Å². The number of hydrogen-bond acceptors (Lipinski definition) is 3. The molecule has 0 bridgehead atoms. The first kappa shape index (κ1) is 13.7. The summed E-state index contributed by atoms with van der Waals surface area (Å²) in [7, 11) is 0. The van der Waals surface area contributed by atoms with Gasteiger partial charge < -0.3 is 10.5 Å². The molecule has 0 aliphatic rings. The Bertz CT molecular complexity index is 658. The van der Waals surface area contributed by atoms with Gasteiger partial charge in [0.1, 0.15) is 0 Å². The van der Waals surface area contributed by atoms with Crippen LogP contribution in [0.4, 0.5) is 18.9 Å². The van der Waals surface area contributed by atoms with Crippen LogP contribution >= 0.6 is 0 Å². The maximum absolute atomic E-state index is 12.2. The molecule has 102 valence electrons. The third-order valence-electron chi connectivity index (χ3n) is 2.59. The first-order valence-electron chi connectivity index (χ1n) is 5.55. The van der Waals surface area contributed by atoms with Crippen molar-refractivity contribution in [2.24, 2.45) is 0 Å². The van der Waals surface area contributed by atoms with Crippen molar-refractivity contribution in [3.8, 4) is 22.9 Å². The average molecular weight is 278 g/mol. The van der Waals surface area contributed by atoms with Crippen molar-refractivity contribution in [2.75, 3.05) is 5.73 Å². The molecule has 0 spiro atoms. The van der Waals surface area contributed by atoms with Crippen LogP contribution in [0.1, 0.15) is 5.56 Å². The predicted molar refractivity (Wildman–Crippen MR) is 67.7 cm³/mol. The molecule has 0 fully saturated rings. The lowest BCUT2D eigenvalue weighted by Crippen LogP contribution is -2.18. The summed E-state index contributed by atoms with van der Waals surface area (Å²) in [4.78, 5) is 0. The first-order chi connectivity index (χ1) is 9.39. The lowest BCUT2D eigenvalue weighted by Gasteiger charge is -2.12. The van der Waals surface area contributed by atoms with Gasteiger partial charge in [-0.05, 0) is 35.4 Å². The molecule has 3 nitrogen and oxygen atoms in total. The summed E-state index contributed by atoms with van der Waals surface area (Å²) in [5, 5.41) is 8.70. The van der Waals surface area contributed by atoms with E-state index < -0.39 is 12.1 Å². The summed E-state index contributed by atoms with van der Waals surface area (Å²) >= 11 is 0. The zero-order valence-electron chi connectivity index (χ0n) is 10.1. The summed E-state index contributed by atoms with van der Waals surface area (Å²) in [6.45, 7) is 0. The van der Waals surface area contributed by atoms with Gasteiger partial charge in [-0.3, -0.25) is 0 Å². The number of nitrogens with zero attached hydrogens (tertiary/aromatic N) is 1. The van der Waals surface area contributed by atoms with E-state index in [1.165, 1.54) is 12.1 Å². The Labute approximate surface area is 113 Å². The highest BCUT2D eigenvalue weighted by atomic mass is 19.4. The summed E-state index contributed by atoms with van der Waals surface area (Å²) in [6, 6.07) is 12.5. The van der Waals surface area contributed by atoms with Crippen LogP contribution in [0.3, 0.4) is 0 Å². The summed E-state index contributed by atoms with van der Waals surface area (Å²) in [5.41, 5.74) is 7.00. The fourth-order valence-electron chi connectivity index (χ4n) is 1.66. The Balaban J connectivity index is 2.38. The second kappa shape index (κ2) is 5.13. The Hall–Kier alpha value is -2.68. The van der Waals surface area contributed by atoms with E-state index in [-0.39, 0.29) is 5.69 Å². The Morgan fingerprint density at radius 1 is 1.00 bits per heavy atom. The standard InChI is InChI=1S/C14H9F3N2O/c15-14(16,17)20-13-7-11(5-6-12(13)19)10-3-1-9(8-18)2-4-10/h1-7H,19H2. The van der Waals surface area contributed by atoms with Gasteiger partial charge in [-0.1, -0.05) is 18.2 Å². The molecule has 2 rings (SSSR count). The zero-order chi connectivity index (χ0) is 14.8. The van der Waals surface area contributed by atoms with Gasteiger partial charge in [-0.25, -0.2) is 0 Å². The second-order valence-corrected chi connectivity index (χ2v) is 3.99. The number of nitrogens with two attached hydrogens (primary N) is 1. The molecule has 20 heavy (non-hydrogen) atoms. The maximum Gasteiger partial charge on any atom is 0.573 e. The van der Waals surface area contributed by atoms with Crippen LogP contribution in [-0.2, 0) is 0 Å². The number of hydrogen-bond donors (Lipinski definition) is 1. The molecular weight excluding hydrogens is 269 g/mol. The number of ether oxygens (including phenoxy) is 1. The zero-order valence-corrected chi connectivity index (χ0v) is 10.1. The molecule has 6 heteroatoms. The number of anilines is 1. The molecule has 0 saturated heterocycles. The van der Waals surface area contributed by atoms with Crippen molar-refractivity contribution < 1.29 is 17.9 Å². The van der Waals surface area contributed by atoms with Crippen LogP contribution in [0, 0.1) is 11.3 Å². The predicted octanol–water partition coefficient (Wildman–Crippen LogP) is 3.71. The summed E-state index contributed by atoms with van der Waals surface area (Å²) in [6.07, 6.45) is -4.79. The lowest BCUT2D eigenvalue weighted by atomic mass is 10.0.